The summed E-state index contributed by atoms with van der Waals surface area (Å²) in [7, 11) is 0. The third-order valence-electron chi connectivity index (χ3n) is 2.63. The fourth-order valence-electron chi connectivity index (χ4n) is 1.63. The van der Waals surface area contributed by atoms with Crippen LogP contribution in [0.2, 0.25) is 0 Å². The zero-order valence-corrected chi connectivity index (χ0v) is 9.30. The molecule has 1 N–H and O–H groups in total. The lowest BCUT2D eigenvalue weighted by molar-refractivity contribution is 0.782. The summed E-state index contributed by atoms with van der Waals surface area (Å²) in [6.45, 7) is 2.09. The number of rotatable bonds is 4. The molecule has 0 saturated heterocycles. The second-order valence-electron chi connectivity index (χ2n) is 3.88. The van der Waals surface area contributed by atoms with Gasteiger partial charge in [-0.1, -0.05) is 25.1 Å². The Morgan fingerprint density at radius 1 is 1.38 bits per heavy atom. The summed E-state index contributed by atoms with van der Waals surface area (Å²) in [4.78, 5) is 4.37. The van der Waals surface area contributed by atoms with Gasteiger partial charge in [-0.2, -0.15) is 0 Å². The van der Waals surface area contributed by atoms with Crippen molar-refractivity contribution in [3.8, 4) is 5.69 Å². The predicted molar refractivity (Wildman–Crippen MR) is 65.4 cm³/mol. The summed E-state index contributed by atoms with van der Waals surface area (Å²) < 4.78 is 2.01. The minimum Gasteiger partial charge on any atom is -0.313 e. The first-order valence-corrected chi connectivity index (χ1v) is 5.39. The lowest BCUT2D eigenvalue weighted by Gasteiger charge is -2.03. The van der Waals surface area contributed by atoms with E-state index in [0.717, 1.165) is 17.8 Å². The van der Waals surface area contributed by atoms with Crippen LogP contribution in [0.15, 0.2) is 42.9 Å². The highest BCUT2D eigenvalue weighted by atomic mass is 15.0. The summed E-state index contributed by atoms with van der Waals surface area (Å²) in [5.41, 5.74) is 2.15. The molecule has 3 heteroatoms. The van der Waals surface area contributed by atoms with Crippen LogP contribution in [-0.4, -0.2) is 15.8 Å². The first-order valence-electron chi connectivity index (χ1n) is 5.39. The summed E-state index contributed by atoms with van der Waals surface area (Å²) in [5.74, 6) is 0.308. The summed E-state index contributed by atoms with van der Waals surface area (Å²) in [5, 5.41) is 7.09. The molecule has 1 heterocycles. The molecule has 0 bridgehead atoms. The number of para-hydroxylation sites is 1. The second kappa shape index (κ2) is 4.75. The van der Waals surface area contributed by atoms with E-state index in [1.54, 1.807) is 0 Å². The number of hydrogen-bond acceptors (Lipinski definition) is 2. The van der Waals surface area contributed by atoms with Gasteiger partial charge in [-0.3, -0.25) is 0 Å². The van der Waals surface area contributed by atoms with Crippen molar-refractivity contribution in [3.05, 3.63) is 48.5 Å². The molecule has 1 aromatic heterocycles. The topological polar surface area (TPSA) is 41.7 Å². The third-order valence-corrected chi connectivity index (χ3v) is 2.63. The Bertz CT molecular complexity index is 459. The second-order valence-corrected chi connectivity index (χ2v) is 3.88. The van der Waals surface area contributed by atoms with Crippen molar-refractivity contribution in [2.24, 2.45) is 0 Å². The van der Waals surface area contributed by atoms with Gasteiger partial charge in [0.25, 0.3) is 0 Å². The van der Waals surface area contributed by atoms with Gasteiger partial charge in [-0.25, -0.2) is 4.98 Å². The molecule has 16 heavy (non-hydrogen) atoms. The smallest absolute Gasteiger partial charge is 0.0995 e. The molecule has 2 rings (SSSR count). The van der Waals surface area contributed by atoms with Gasteiger partial charge in [0.15, 0.2) is 0 Å². The monoisotopic (exact) mass is 213 g/mol. The molecule has 2 aromatic rings. The van der Waals surface area contributed by atoms with E-state index in [-0.39, 0.29) is 0 Å². The van der Waals surface area contributed by atoms with E-state index in [0.29, 0.717) is 5.92 Å². The molecule has 0 aliphatic heterocycles. The van der Waals surface area contributed by atoms with Crippen LogP contribution in [0.1, 0.15) is 25.0 Å². The Morgan fingerprint density at radius 2 is 2.12 bits per heavy atom. The van der Waals surface area contributed by atoms with E-state index < -0.39 is 0 Å². The van der Waals surface area contributed by atoms with Gasteiger partial charge < -0.3 is 9.98 Å². The van der Waals surface area contributed by atoms with Gasteiger partial charge in [0, 0.05) is 17.8 Å². The average molecular weight is 213 g/mol. The normalized spacial score (nSPS) is 12.3. The molecular weight excluding hydrogens is 198 g/mol. The van der Waals surface area contributed by atoms with Gasteiger partial charge in [0.2, 0.25) is 0 Å². The molecule has 0 fully saturated rings. The average Bonchev–Trinajstić information content (AvgIpc) is 2.80. The van der Waals surface area contributed by atoms with E-state index in [4.69, 9.17) is 5.41 Å². The number of nitrogens with one attached hydrogen (secondary N) is 1. The molecule has 3 nitrogen and oxygen atoms in total. The van der Waals surface area contributed by atoms with E-state index in [1.165, 1.54) is 6.21 Å². The van der Waals surface area contributed by atoms with Crippen molar-refractivity contribution >= 4 is 6.21 Å². The molecule has 0 spiro atoms. The van der Waals surface area contributed by atoms with Crippen LogP contribution >= 0.6 is 0 Å². The molecule has 0 aliphatic carbocycles. The number of benzene rings is 1. The van der Waals surface area contributed by atoms with Crippen LogP contribution in [0.5, 0.6) is 0 Å². The first kappa shape index (κ1) is 10.6. The maximum atomic E-state index is 7.09. The van der Waals surface area contributed by atoms with Gasteiger partial charge in [0.05, 0.1) is 12.0 Å². The molecule has 82 valence electrons. The van der Waals surface area contributed by atoms with Crippen molar-refractivity contribution in [3.63, 3.8) is 0 Å². The van der Waals surface area contributed by atoms with Crippen LogP contribution in [-0.2, 0) is 0 Å². The first-order chi connectivity index (χ1) is 7.81. The Morgan fingerprint density at radius 3 is 2.81 bits per heavy atom. The van der Waals surface area contributed by atoms with Crippen LogP contribution in [0.3, 0.4) is 0 Å². The predicted octanol–water partition coefficient (Wildman–Crippen LogP) is 3.02. The van der Waals surface area contributed by atoms with E-state index in [2.05, 4.69) is 11.9 Å². The molecule has 1 atom stereocenters. The van der Waals surface area contributed by atoms with Crippen molar-refractivity contribution in [1.29, 1.82) is 5.41 Å². The van der Waals surface area contributed by atoms with Crippen molar-refractivity contribution in [2.75, 3.05) is 0 Å². The van der Waals surface area contributed by atoms with E-state index in [9.17, 15) is 0 Å². The van der Waals surface area contributed by atoms with Gasteiger partial charge in [-0.15, -0.1) is 0 Å². The highest BCUT2D eigenvalue weighted by molar-refractivity contribution is 5.54. The number of nitrogens with zero attached hydrogens (tertiary/aromatic N) is 2. The Labute approximate surface area is 95.3 Å². The van der Waals surface area contributed by atoms with Gasteiger partial charge in [0.1, 0.15) is 0 Å². The van der Waals surface area contributed by atoms with Crippen molar-refractivity contribution < 1.29 is 0 Å². The minimum absolute atomic E-state index is 0.308. The van der Waals surface area contributed by atoms with E-state index >= 15 is 0 Å². The van der Waals surface area contributed by atoms with Crippen LogP contribution in [0, 0.1) is 5.41 Å². The lowest BCUT2D eigenvalue weighted by atomic mass is 10.1. The summed E-state index contributed by atoms with van der Waals surface area (Å²) in [6.07, 6.45) is 6.03. The number of imidazole rings is 1. The number of hydrogen-bond donors (Lipinski definition) is 1. The Hall–Kier alpha value is -1.90. The van der Waals surface area contributed by atoms with Gasteiger partial charge >= 0.3 is 0 Å². The SMILES string of the molecule is CC(CC=N)c1cn(-c2ccccc2)cn1. The van der Waals surface area contributed by atoms with Crippen molar-refractivity contribution in [1.82, 2.24) is 9.55 Å². The molecular formula is C13H15N3. The molecule has 0 aliphatic rings. The van der Waals surface area contributed by atoms with E-state index in [1.807, 2.05) is 47.4 Å². The molecule has 1 unspecified atom stereocenters. The maximum absolute atomic E-state index is 7.09. The van der Waals surface area contributed by atoms with Crippen molar-refractivity contribution in [2.45, 2.75) is 19.3 Å². The molecule has 1 aromatic carbocycles. The maximum Gasteiger partial charge on any atom is 0.0995 e. The third kappa shape index (κ3) is 2.19. The zero-order chi connectivity index (χ0) is 11.4. The number of aromatic nitrogens is 2. The van der Waals surface area contributed by atoms with Crippen LogP contribution in [0.4, 0.5) is 0 Å². The lowest BCUT2D eigenvalue weighted by Crippen LogP contribution is -1.94. The summed E-state index contributed by atoms with van der Waals surface area (Å²) in [6, 6.07) is 10.1. The highest BCUT2D eigenvalue weighted by Gasteiger charge is 2.07. The quantitative estimate of drug-likeness (QED) is 0.779. The Kier molecular flexibility index (Phi) is 3.15. The van der Waals surface area contributed by atoms with Crippen LogP contribution in [0.25, 0.3) is 5.69 Å². The summed E-state index contributed by atoms with van der Waals surface area (Å²) >= 11 is 0. The fourth-order valence-corrected chi connectivity index (χ4v) is 1.63. The minimum atomic E-state index is 0.308. The standard InChI is InChI=1S/C13H15N3/c1-11(7-8-14)13-9-16(10-15-13)12-5-3-2-4-6-12/h2-6,8-11,14H,7H2,1H3. The molecule has 0 saturated carbocycles. The highest BCUT2D eigenvalue weighted by Crippen LogP contribution is 2.17. The van der Waals surface area contributed by atoms with Gasteiger partial charge in [-0.05, 0) is 24.8 Å². The largest absolute Gasteiger partial charge is 0.313 e. The molecule has 0 radical (unpaired) electrons. The molecule has 0 amide bonds. The van der Waals surface area contributed by atoms with Crippen LogP contribution < -0.4 is 0 Å². The fraction of sp³-hybridized carbons (Fsp3) is 0.231. The Balaban J connectivity index is 2.23. The zero-order valence-electron chi connectivity index (χ0n) is 9.30.